The zero-order chi connectivity index (χ0) is 16.0. The summed E-state index contributed by atoms with van der Waals surface area (Å²) < 4.78 is 0. The number of carbonyl (C=O) groups is 2. The molecule has 0 saturated carbocycles. The molecular formula is C16H27N3O2. The van der Waals surface area contributed by atoms with Crippen LogP contribution < -0.4 is 5.32 Å². The molecule has 118 valence electrons. The largest absolute Gasteiger partial charge is 0.347 e. The van der Waals surface area contributed by atoms with Gasteiger partial charge in [-0.2, -0.15) is 0 Å². The van der Waals surface area contributed by atoms with Gasteiger partial charge in [0, 0.05) is 24.7 Å². The van der Waals surface area contributed by atoms with Crippen LogP contribution in [0.15, 0.2) is 12.4 Å². The van der Waals surface area contributed by atoms with E-state index in [1.807, 2.05) is 13.8 Å². The second-order valence-corrected chi connectivity index (χ2v) is 6.44. The van der Waals surface area contributed by atoms with E-state index in [1.54, 1.807) is 12.4 Å². The first-order valence-corrected chi connectivity index (χ1v) is 7.60. The van der Waals surface area contributed by atoms with Crippen LogP contribution in [0.25, 0.3) is 0 Å². The highest BCUT2D eigenvalue weighted by molar-refractivity contribution is 5.85. The highest BCUT2D eigenvalue weighted by Gasteiger charge is 2.26. The number of rotatable bonds is 8. The summed E-state index contributed by atoms with van der Waals surface area (Å²) in [7, 11) is 0. The van der Waals surface area contributed by atoms with Gasteiger partial charge in [0.25, 0.3) is 0 Å². The molecule has 0 spiro atoms. The number of nitrogens with one attached hydrogen (secondary N) is 2. The van der Waals surface area contributed by atoms with Crippen molar-refractivity contribution < 1.29 is 9.59 Å². The molecule has 5 heteroatoms. The Balaban J connectivity index is 2.80. The Morgan fingerprint density at radius 3 is 2.38 bits per heavy atom. The SMILES string of the molecule is CC(=O)CC(CC(C)C)C(=O)NC(c1ncc[nH]1)C(C)C. The zero-order valence-electron chi connectivity index (χ0n) is 13.6. The molecule has 0 aliphatic rings. The summed E-state index contributed by atoms with van der Waals surface area (Å²) in [4.78, 5) is 31.2. The van der Waals surface area contributed by atoms with E-state index in [0.717, 1.165) is 5.82 Å². The maximum Gasteiger partial charge on any atom is 0.224 e. The summed E-state index contributed by atoms with van der Waals surface area (Å²) in [5.41, 5.74) is 0. The highest BCUT2D eigenvalue weighted by Crippen LogP contribution is 2.22. The molecule has 0 saturated heterocycles. The summed E-state index contributed by atoms with van der Waals surface area (Å²) >= 11 is 0. The van der Waals surface area contributed by atoms with E-state index in [9.17, 15) is 9.59 Å². The normalized spacial score (nSPS) is 14.2. The molecule has 2 N–H and O–H groups in total. The molecule has 5 nitrogen and oxygen atoms in total. The lowest BCUT2D eigenvalue weighted by atomic mass is 9.91. The van der Waals surface area contributed by atoms with E-state index in [4.69, 9.17) is 0 Å². The number of hydrogen-bond donors (Lipinski definition) is 2. The summed E-state index contributed by atoms with van der Waals surface area (Å²) in [6.45, 7) is 9.73. The van der Waals surface area contributed by atoms with Gasteiger partial charge in [0.05, 0.1) is 6.04 Å². The Hall–Kier alpha value is -1.65. The van der Waals surface area contributed by atoms with E-state index in [0.29, 0.717) is 18.8 Å². The van der Waals surface area contributed by atoms with Gasteiger partial charge in [0.15, 0.2) is 0 Å². The molecule has 1 aromatic heterocycles. The van der Waals surface area contributed by atoms with Crippen LogP contribution >= 0.6 is 0 Å². The van der Waals surface area contributed by atoms with Crippen LogP contribution in [0, 0.1) is 17.8 Å². The Morgan fingerprint density at radius 2 is 1.95 bits per heavy atom. The van der Waals surface area contributed by atoms with E-state index < -0.39 is 0 Å². The molecular weight excluding hydrogens is 266 g/mol. The van der Waals surface area contributed by atoms with Gasteiger partial charge >= 0.3 is 0 Å². The van der Waals surface area contributed by atoms with Gasteiger partial charge in [-0.15, -0.1) is 0 Å². The number of carbonyl (C=O) groups excluding carboxylic acids is 2. The Bertz CT molecular complexity index is 452. The van der Waals surface area contributed by atoms with Gasteiger partial charge < -0.3 is 15.1 Å². The third-order valence-electron chi connectivity index (χ3n) is 3.44. The molecule has 0 bridgehead atoms. The minimum Gasteiger partial charge on any atom is -0.347 e. The van der Waals surface area contributed by atoms with E-state index in [2.05, 4.69) is 29.1 Å². The van der Waals surface area contributed by atoms with Crippen LogP contribution in [0.1, 0.15) is 59.3 Å². The average Bonchev–Trinajstić information content (AvgIpc) is 2.86. The minimum absolute atomic E-state index is 0.0508. The second-order valence-electron chi connectivity index (χ2n) is 6.44. The summed E-state index contributed by atoms with van der Waals surface area (Å²) in [5, 5.41) is 3.04. The van der Waals surface area contributed by atoms with Gasteiger partial charge in [-0.25, -0.2) is 4.98 Å². The molecule has 2 atom stereocenters. The first kappa shape index (κ1) is 17.4. The van der Waals surface area contributed by atoms with Crippen LogP contribution in [-0.2, 0) is 9.59 Å². The number of imidazole rings is 1. The number of hydrogen-bond acceptors (Lipinski definition) is 3. The lowest BCUT2D eigenvalue weighted by Crippen LogP contribution is -2.38. The molecule has 0 aliphatic carbocycles. The summed E-state index contributed by atoms with van der Waals surface area (Å²) in [5.74, 6) is 1.07. The third-order valence-corrected chi connectivity index (χ3v) is 3.44. The fraction of sp³-hybridized carbons (Fsp3) is 0.688. The van der Waals surface area contributed by atoms with Crippen molar-refractivity contribution in [3.8, 4) is 0 Å². The zero-order valence-corrected chi connectivity index (χ0v) is 13.6. The quantitative estimate of drug-likeness (QED) is 0.774. The van der Waals surface area contributed by atoms with Gasteiger partial charge in [0.1, 0.15) is 11.6 Å². The maximum absolute atomic E-state index is 12.5. The number of nitrogens with zero attached hydrogens (tertiary/aromatic N) is 1. The van der Waals surface area contributed by atoms with Crippen molar-refractivity contribution in [2.45, 2.75) is 53.5 Å². The van der Waals surface area contributed by atoms with Crippen LogP contribution in [0.5, 0.6) is 0 Å². The number of ketones is 1. The van der Waals surface area contributed by atoms with E-state index in [1.165, 1.54) is 6.92 Å². The Kier molecular flexibility index (Phi) is 6.59. The van der Waals surface area contributed by atoms with Crippen molar-refractivity contribution in [1.29, 1.82) is 0 Å². The van der Waals surface area contributed by atoms with E-state index in [-0.39, 0.29) is 29.6 Å². The lowest BCUT2D eigenvalue weighted by Gasteiger charge is -2.24. The fourth-order valence-electron chi connectivity index (χ4n) is 2.47. The molecule has 1 heterocycles. The van der Waals surface area contributed by atoms with Crippen molar-refractivity contribution in [3.63, 3.8) is 0 Å². The molecule has 0 fully saturated rings. The van der Waals surface area contributed by atoms with Gasteiger partial charge in [-0.1, -0.05) is 27.7 Å². The van der Waals surface area contributed by atoms with Crippen molar-refractivity contribution in [2.75, 3.05) is 0 Å². The lowest BCUT2D eigenvalue weighted by molar-refractivity contribution is -0.130. The first-order valence-electron chi connectivity index (χ1n) is 7.60. The van der Waals surface area contributed by atoms with Gasteiger partial charge in [-0.3, -0.25) is 4.79 Å². The molecule has 0 aliphatic heterocycles. The third kappa shape index (κ3) is 5.69. The van der Waals surface area contributed by atoms with Crippen LogP contribution in [0.3, 0.4) is 0 Å². The predicted molar refractivity (Wildman–Crippen MR) is 82.6 cm³/mol. The predicted octanol–water partition coefficient (Wildman–Crippen LogP) is 2.86. The highest BCUT2D eigenvalue weighted by atomic mass is 16.2. The van der Waals surface area contributed by atoms with Gasteiger partial charge in [0.2, 0.25) is 5.91 Å². The fourth-order valence-corrected chi connectivity index (χ4v) is 2.47. The van der Waals surface area contributed by atoms with Crippen molar-refractivity contribution in [2.24, 2.45) is 17.8 Å². The van der Waals surface area contributed by atoms with Crippen molar-refractivity contribution >= 4 is 11.7 Å². The molecule has 0 radical (unpaired) electrons. The van der Waals surface area contributed by atoms with Gasteiger partial charge in [-0.05, 0) is 25.2 Å². The number of H-pyrrole nitrogens is 1. The molecule has 1 rings (SSSR count). The number of Topliss-reactive ketones (excluding diaryl/α,β-unsaturated/α-hetero) is 1. The maximum atomic E-state index is 12.5. The van der Waals surface area contributed by atoms with Crippen molar-refractivity contribution in [3.05, 3.63) is 18.2 Å². The molecule has 1 amide bonds. The summed E-state index contributed by atoms with van der Waals surface area (Å²) in [6, 6.07) is -0.158. The van der Waals surface area contributed by atoms with E-state index >= 15 is 0 Å². The van der Waals surface area contributed by atoms with Crippen LogP contribution in [0.2, 0.25) is 0 Å². The number of aromatic nitrogens is 2. The minimum atomic E-state index is -0.265. The molecule has 21 heavy (non-hydrogen) atoms. The topological polar surface area (TPSA) is 74.8 Å². The molecule has 1 aromatic rings. The monoisotopic (exact) mass is 293 g/mol. The second kappa shape index (κ2) is 7.96. The Labute approximate surface area is 126 Å². The Morgan fingerprint density at radius 1 is 1.29 bits per heavy atom. The van der Waals surface area contributed by atoms with Crippen LogP contribution in [-0.4, -0.2) is 21.7 Å². The molecule has 0 aromatic carbocycles. The van der Waals surface area contributed by atoms with Crippen molar-refractivity contribution in [1.82, 2.24) is 15.3 Å². The molecule has 2 unspecified atom stereocenters. The standard InChI is InChI=1S/C16H27N3O2/c1-10(2)8-13(9-12(5)20)16(21)19-14(11(3)4)15-17-6-7-18-15/h6-7,10-11,13-14H,8-9H2,1-5H3,(H,17,18)(H,19,21). The summed E-state index contributed by atoms with van der Waals surface area (Å²) in [6.07, 6.45) is 4.44. The smallest absolute Gasteiger partial charge is 0.224 e. The number of amides is 1. The average molecular weight is 293 g/mol. The first-order chi connectivity index (χ1) is 9.81. The number of aromatic amines is 1. The van der Waals surface area contributed by atoms with Crippen LogP contribution in [0.4, 0.5) is 0 Å².